The first-order valence-electron chi connectivity index (χ1n) is 5.80. The van der Waals surface area contributed by atoms with Crippen molar-refractivity contribution in [2.24, 2.45) is 0 Å². The molecule has 98 valence electrons. The molecule has 1 aliphatic heterocycles. The van der Waals surface area contributed by atoms with Crippen molar-refractivity contribution in [3.8, 4) is 11.5 Å². The van der Waals surface area contributed by atoms with Crippen molar-refractivity contribution in [2.75, 3.05) is 12.1 Å². The smallest absolute Gasteiger partial charge is 0.231 e. The van der Waals surface area contributed by atoms with Gasteiger partial charge in [-0.05, 0) is 35.9 Å². The van der Waals surface area contributed by atoms with Crippen LogP contribution in [0, 0.1) is 5.82 Å². The van der Waals surface area contributed by atoms with Gasteiger partial charge in [-0.2, -0.15) is 0 Å². The maximum atomic E-state index is 13.1. The standard InChI is InChI=1S/C14H11ClFNO2/c15-11-3-2-10(16)6-12(11)17-7-9-1-4-13-14(5-9)19-8-18-13/h1-6,17H,7-8H2. The number of rotatable bonds is 3. The maximum absolute atomic E-state index is 13.1. The number of ether oxygens (including phenoxy) is 2. The summed E-state index contributed by atoms with van der Waals surface area (Å²) in [5, 5.41) is 3.58. The van der Waals surface area contributed by atoms with E-state index in [4.69, 9.17) is 21.1 Å². The van der Waals surface area contributed by atoms with Gasteiger partial charge in [0.05, 0.1) is 10.7 Å². The van der Waals surface area contributed by atoms with Crippen LogP contribution in [0.2, 0.25) is 5.02 Å². The molecule has 5 heteroatoms. The van der Waals surface area contributed by atoms with Crippen LogP contribution >= 0.6 is 11.6 Å². The number of fused-ring (bicyclic) bond motifs is 1. The molecular weight excluding hydrogens is 269 g/mol. The van der Waals surface area contributed by atoms with Gasteiger partial charge < -0.3 is 14.8 Å². The molecule has 0 spiro atoms. The van der Waals surface area contributed by atoms with Crippen molar-refractivity contribution >= 4 is 17.3 Å². The summed E-state index contributed by atoms with van der Waals surface area (Å²) in [6.45, 7) is 0.780. The van der Waals surface area contributed by atoms with Gasteiger partial charge in [0.2, 0.25) is 6.79 Å². The zero-order valence-corrected chi connectivity index (χ0v) is 10.7. The molecule has 0 aliphatic carbocycles. The summed E-state index contributed by atoms with van der Waals surface area (Å²) in [6.07, 6.45) is 0. The van der Waals surface area contributed by atoms with E-state index in [1.807, 2.05) is 18.2 Å². The maximum Gasteiger partial charge on any atom is 0.231 e. The lowest BCUT2D eigenvalue weighted by molar-refractivity contribution is 0.174. The Bertz CT molecular complexity index is 618. The molecule has 3 rings (SSSR count). The Kier molecular flexibility index (Phi) is 3.17. The largest absolute Gasteiger partial charge is 0.454 e. The van der Waals surface area contributed by atoms with Crippen LogP contribution in [0.25, 0.3) is 0 Å². The molecule has 2 aromatic carbocycles. The van der Waals surface area contributed by atoms with Gasteiger partial charge in [-0.1, -0.05) is 17.7 Å². The highest BCUT2D eigenvalue weighted by atomic mass is 35.5. The fourth-order valence-corrected chi connectivity index (χ4v) is 2.07. The fraction of sp³-hybridized carbons (Fsp3) is 0.143. The van der Waals surface area contributed by atoms with E-state index in [-0.39, 0.29) is 12.6 Å². The molecule has 0 atom stereocenters. The monoisotopic (exact) mass is 279 g/mol. The van der Waals surface area contributed by atoms with Gasteiger partial charge in [0, 0.05) is 6.54 Å². The molecule has 0 aromatic heterocycles. The zero-order valence-electron chi connectivity index (χ0n) is 9.95. The molecular formula is C14H11ClFNO2. The highest BCUT2D eigenvalue weighted by molar-refractivity contribution is 6.33. The minimum atomic E-state index is -0.322. The van der Waals surface area contributed by atoms with E-state index in [2.05, 4.69) is 5.32 Å². The second kappa shape index (κ2) is 4.97. The van der Waals surface area contributed by atoms with Crippen LogP contribution < -0.4 is 14.8 Å². The first-order valence-corrected chi connectivity index (χ1v) is 6.17. The predicted molar refractivity (Wildman–Crippen MR) is 71.3 cm³/mol. The molecule has 3 nitrogen and oxygen atoms in total. The summed E-state index contributed by atoms with van der Waals surface area (Å²) < 4.78 is 23.7. The van der Waals surface area contributed by atoms with E-state index < -0.39 is 0 Å². The number of nitrogens with one attached hydrogen (secondary N) is 1. The van der Waals surface area contributed by atoms with E-state index in [0.717, 1.165) is 17.1 Å². The van der Waals surface area contributed by atoms with Crippen molar-refractivity contribution in [3.63, 3.8) is 0 Å². The number of hydrogen-bond acceptors (Lipinski definition) is 3. The summed E-state index contributed by atoms with van der Waals surface area (Å²) in [4.78, 5) is 0. The lowest BCUT2D eigenvalue weighted by Crippen LogP contribution is -2.00. The van der Waals surface area contributed by atoms with Crippen LogP contribution in [0.5, 0.6) is 11.5 Å². The molecule has 2 aromatic rings. The summed E-state index contributed by atoms with van der Waals surface area (Å²) in [5.74, 6) is 1.15. The van der Waals surface area contributed by atoms with Crippen LogP contribution in [0.1, 0.15) is 5.56 Å². The molecule has 0 amide bonds. The van der Waals surface area contributed by atoms with Crippen molar-refractivity contribution in [2.45, 2.75) is 6.54 Å². The second-order valence-electron chi connectivity index (χ2n) is 4.17. The van der Waals surface area contributed by atoms with E-state index >= 15 is 0 Å². The van der Waals surface area contributed by atoms with Crippen molar-refractivity contribution in [1.29, 1.82) is 0 Å². The summed E-state index contributed by atoms with van der Waals surface area (Å²) in [6, 6.07) is 9.89. The Balaban J connectivity index is 1.74. The highest BCUT2D eigenvalue weighted by Gasteiger charge is 2.13. The summed E-state index contributed by atoms with van der Waals surface area (Å²) >= 11 is 5.98. The molecule has 0 saturated carbocycles. The first-order chi connectivity index (χ1) is 9.22. The molecule has 0 radical (unpaired) electrons. The molecule has 0 fully saturated rings. The average molecular weight is 280 g/mol. The van der Waals surface area contributed by atoms with Gasteiger partial charge in [0.25, 0.3) is 0 Å². The predicted octanol–water partition coefficient (Wildman–Crippen LogP) is 3.82. The molecule has 0 unspecified atom stereocenters. The summed E-state index contributed by atoms with van der Waals surface area (Å²) in [7, 11) is 0. The lowest BCUT2D eigenvalue weighted by Gasteiger charge is -2.09. The first kappa shape index (κ1) is 12.1. The van der Waals surface area contributed by atoms with Crippen LogP contribution in [-0.2, 0) is 6.54 Å². The second-order valence-corrected chi connectivity index (χ2v) is 4.57. The van der Waals surface area contributed by atoms with E-state index in [1.165, 1.54) is 18.2 Å². The lowest BCUT2D eigenvalue weighted by atomic mass is 10.2. The minimum absolute atomic E-state index is 0.252. The van der Waals surface area contributed by atoms with Gasteiger partial charge in [-0.15, -0.1) is 0 Å². The third kappa shape index (κ3) is 2.58. The molecule has 0 saturated heterocycles. The number of halogens is 2. The quantitative estimate of drug-likeness (QED) is 0.926. The molecule has 1 N–H and O–H groups in total. The third-order valence-electron chi connectivity index (χ3n) is 2.85. The fourth-order valence-electron chi connectivity index (χ4n) is 1.88. The molecule has 1 aliphatic rings. The van der Waals surface area contributed by atoms with Crippen LogP contribution in [0.4, 0.5) is 10.1 Å². The van der Waals surface area contributed by atoms with Crippen LogP contribution in [0.15, 0.2) is 36.4 Å². The molecule has 19 heavy (non-hydrogen) atoms. The highest BCUT2D eigenvalue weighted by Crippen LogP contribution is 2.33. The molecule has 1 heterocycles. The number of benzene rings is 2. The Morgan fingerprint density at radius 2 is 1.95 bits per heavy atom. The minimum Gasteiger partial charge on any atom is -0.454 e. The third-order valence-corrected chi connectivity index (χ3v) is 3.18. The van der Waals surface area contributed by atoms with E-state index in [9.17, 15) is 4.39 Å². The van der Waals surface area contributed by atoms with Crippen molar-refractivity contribution < 1.29 is 13.9 Å². The Morgan fingerprint density at radius 3 is 2.84 bits per heavy atom. The Labute approximate surface area is 114 Å². The van der Waals surface area contributed by atoms with Gasteiger partial charge in [0.1, 0.15) is 5.82 Å². The average Bonchev–Trinajstić information content (AvgIpc) is 2.87. The van der Waals surface area contributed by atoms with Gasteiger partial charge in [-0.3, -0.25) is 0 Å². The zero-order chi connectivity index (χ0) is 13.2. The van der Waals surface area contributed by atoms with Crippen molar-refractivity contribution in [1.82, 2.24) is 0 Å². The van der Waals surface area contributed by atoms with Crippen LogP contribution in [-0.4, -0.2) is 6.79 Å². The Hall–Kier alpha value is -1.94. The van der Waals surface area contributed by atoms with Gasteiger partial charge in [-0.25, -0.2) is 4.39 Å². The SMILES string of the molecule is Fc1ccc(Cl)c(NCc2ccc3c(c2)OCO3)c1. The van der Waals surface area contributed by atoms with Crippen molar-refractivity contribution in [3.05, 3.63) is 52.8 Å². The number of hydrogen-bond donors (Lipinski definition) is 1. The van der Waals surface area contributed by atoms with E-state index in [0.29, 0.717) is 17.3 Å². The van der Waals surface area contributed by atoms with E-state index in [1.54, 1.807) is 0 Å². The topological polar surface area (TPSA) is 30.5 Å². The Morgan fingerprint density at radius 1 is 1.11 bits per heavy atom. The van der Waals surface area contributed by atoms with Crippen LogP contribution in [0.3, 0.4) is 0 Å². The number of anilines is 1. The molecule has 0 bridgehead atoms. The van der Waals surface area contributed by atoms with Gasteiger partial charge >= 0.3 is 0 Å². The van der Waals surface area contributed by atoms with Gasteiger partial charge in [0.15, 0.2) is 11.5 Å². The summed E-state index contributed by atoms with van der Waals surface area (Å²) in [5.41, 5.74) is 1.57. The normalized spacial score (nSPS) is 12.5.